The number of rotatable bonds is 6. The van der Waals surface area contributed by atoms with Gasteiger partial charge in [0, 0.05) is 18.3 Å². The third-order valence-electron chi connectivity index (χ3n) is 4.02. The molecule has 19 heavy (non-hydrogen) atoms. The molecule has 5 nitrogen and oxygen atoms in total. The van der Waals surface area contributed by atoms with Crippen LogP contribution in [-0.2, 0) is 6.54 Å². The Morgan fingerprint density at radius 2 is 2.21 bits per heavy atom. The average Bonchev–Trinajstić information content (AvgIpc) is 2.81. The summed E-state index contributed by atoms with van der Waals surface area (Å²) in [5.74, 6) is 1.75. The van der Waals surface area contributed by atoms with Crippen molar-refractivity contribution in [3.8, 4) is 0 Å². The van der Waals surface area contributed by atoms with Crippen LogP contribution >= 0.6 is 11.8 Å². The van der Waals surface area contributed by atoms with Gasteiger partial charge in [0.2, 0.25) is 0 Å². The van der Waals surface area contributed by atoms with Crippen molar-refractivity contribution in [2.24, 2.45) is 5.92 Å². The van der Waals surface area contributed by atoms with Gasteiger partial charge in [0.05, 0.1) is 0 Å². The zero-order valence-corrected chi connectivity index (χ0v) is 12.6. The highest BCUT2D eigenvalue weighted by Gasteiger charge is 2.23. The van der Waals surface area contributed by atoms with Crippen LogP contribution in [0.3, 0.4) is 0 Å². The fourth-order valence-electron chi connectivity index (χ4n) is 2.85. The molecule has 0 amide bonds. The van der Waals surface area contributed by atoms with Gasteiger partial charge in [0.25, 0.3) is 0 Å². The van der Waals surface area contributed by atoms with E-state index in [1.54, 1.807) is 16.3 Å². The SMILES string of the molecule is CCn1c(SCC(NC)C2CCCCC2)n[nH]c1=O. The lowest BCUT2D eigenvalue weighted by Gasteiger charge is -2.29. The zero-order chi connectivity index (χ0) is 13.7. The third-order valence-corrected chi connectivity index (χ3v) is 5.12. The van der Waals surface area contributed by atoms with Crippen LogP contribution < -0.4 is 11.0 Å². The molecule has 6 heteroatoms. The Morgan fingerprint density at radius 1 is 1.47 bits per heavy atom. The van der Waals surface area contributed by atoms with Crippen LogP contribution in [0.2, 0.25) is 0 Å². The van der Waals surface area contributed by atoms with Crippen LogP contribution in [0.4, 0.5) is 0 Å². The molecule has 1 fully saturated rings. The molecule has 0 spiro atoms. The van der Waals surface area contributed by atoms with Gasteiger partial charge in [-0.05, 0) is 32.7 Å². The number of aromatic amines is 1. The summed E-state index contributed by atoms with van der Waals surface area (Å²) in [6.07, 6.45) is 6.75. The number of nitrogens with zero attached hydrogens (tertiary/aromatic N) is 2. The fourth-order valence-corrected chi connectivity index (χ4v) is 4.09. The maximum atomic E-state index is 11.5. The minimum absolute atomic E-state index is 0.108. The first kappa shape index (κ1) is 14.7. The topological polar surface area (TPSA) is 62.7 Å². The van der Waals surface area contributed by atoms with Crippen molar-refractivity contribution in [1.82, 2.24) is 20.1 Å². The molecule has 2 N–H and O–H groups in total. The van der Waals surface area contributed by atoms with Crippen molar-refractivity contribution >= 4 is 11.8 Å². The quantitative estimate of drug-likeness (QED) is 0.783. The molecule has 1 aliphatic carbocycles. The first-order chi connectivity index (χ1) is 9.26. The Kier molecular flexibility index (Phi) is 5.51. The normalized spacial score (nSPS) is 18.6. The van der Waals surface area contributed by atoms with E-state index in [9.17, 15) is 4.79 Å². The first-order valence-electron chi connectivity index (χ1n) is 7.21. The molecule has 1 atom stereocenters. The second-order valence-electron chi connectivity index (χ2n) is 5.16. The molecule has 0 radical (unpaired) electrons. The Morgan fingerprint density at radius 3 is 2.84 bits per heavy atom. The first-order valence-corrected chi connectivity index (χ1v) is 8.20. The van der Waals surface area contributed by atoms with Gasteiger partial charge < -0.3 is 5.32 Å². The van der Waals surface area contributed by atoms with E-state index in [1.165, 1.54) is 32.1 Å². The number of thioether (sulfide) groups is 1. The van der Waals surface area contributed by atoms with E-state index in [4.69, 9.17) is 0 Å². The van der Waals surface area contributed by atoms with Crippen LogP contribution in [0.5, 0.6) is 0 Å². The van der Waals surface area contributed by atoms with E-state index in [0.717, 1.165) is 16.8 Å². The van der Waals surface area contributed by atoms with E-state index in [0.29, 0.717) is 12.6 Å². The molecule has 1 aromatic heterocycles. The highest BCUT2D eigenvalue weighted by atomic mass is 32.2. The summed E-state index contributed by atoms with van der Waals surface area (Å²) < 4.78 is 1.69. The molecular weight excluding hydrogens is 260 g/mol. The van der Waals surface area contributed by atoms with Crippen LogP contribution in [-0.4, -0.2) is 33.6 Å². The third kappa shape index (κ3) is 3.63. The average molecular weight is 284 g/mol. The summed E-state index contributed by atoms with van der Waals surface area (Å²) in [7, 11) is 2.04. The molecule has 0 bridgehead atoms. The summed E-state index contributed by atoms with van der Waals surface area (Å²) in [6, 6.07) is 0.516. The van der Waals surface area contributed by atoms with Gasteiger partial charge in [-0.15, -0.1) is 5.10 Å². The van der Waals surface area contributed by atoms with Crippen molar-refractivity contribution < 1.29 is 0 Å². The van der Waals surface area contributed by atoms with Gasteiger partial charge in [-0.2, -0.15) is 0 Å². The van der Waals surface area contributed by atoms with Gasteiger partial charge in [-0.25, -0.2) is 9.89 Å². The molecule has 0 saturated heterocycles. The highest BCUT2D eigenvalue weighted by Crippen LogP contribution is 2.28. The number of H-pyrrole nitrogens is 1. The van der Waals surface area contributed by atoms with Gasteiger partial charge in [-0.3, -0.25) is 4.57 Å². The molecule has 0 aromatic carbocycles. The largest absolute Gasteiger partial charge is 0.343 e. The molecule has 1 heterocycles. The lowest BCUT2D eigenvalue weighted by Crippen LogP contribution is -2.37. The Bertz CT molecular complexity index is 436. The van der Waals surface area contributed by atoms with E-state index in [-0.39, 0.29) is 5.69 Å². The monoisotopic (exact) mass is 284 g/mol. The van der Waals surface area contributed by atoms with Crippen molar-refractivity contribution in [3.05, 3.63) is 10.5 Å². The predicted octanol–water partition coefficient (Wildman–Crippen LogP) is 1.85. The van der Waals surface area contributed by atoms with Crippen LogP contribution in [0.15, 0.2) is 9.95 Å². The standard InChI is InChI=1S/C13H24N4OS/c1-3-17-12(18)15-16-13(17)19-9-11(14-2)10-7-5-4-6-8-10/h10-11,14H,3-9H2,1-2H3,(H,15,18). The van der Waals surface area contributed by atoms with Crippen molar-refractivity contribution in [1.29, 1.82) is 0 Å². The van der Waals surface area contributed by atoms with E-state index in [1.807, 2.05) is 14.0 Å². The van der Waals surface area contributed by atoms with Crippen molar-refractivity contribution in [2.75, 3.05) is 12.8 Å². The number of hydrogen-bond donors (Lipinski definition) is 2. The van der Waals surface area contributed by atoms with Crippen LogP contribution in [0.1, 0.15) is 39.0 Å². The van der Waals surface area contributed by atoms with Gasteiger partial charge in [-0.1, -0.05) is 31.0 Å². The van der Waals surface area contributed by atoms with E-state index in [2.05, 4.69) is 15.5 Å². The molecule has 1 aliphatic rings. The second kappa shape index (κ2) is 7.14. The van der Waals surface area contributed by atoms with Crippen LogP contribution in [0, 0.1) is 5.92 Å². The Balaban J connectivity index is 1.93. The van der Waals surface area contributed by atoms with Gasteiger partial charge >= 0.3 is 5.69 Å². The van der Waals surface area contributed by atoms with Gasteiger partial charge in [0.1, 0.15) is 0 Å². The zero-order valence-electron chi connectivity index (χ0n) is 11.8. The van der Waals surface area contributed by atoms with Crippen molar-refractivity contribution in [3.63, 3.8) is 0 Å². The summed E-state index contributed by atoms with van der Waals surface area (Å²) in [6.45, 7) is 2.64. The number of hydrogen-bond acceptors (Lipinski definition) is 4. The van der Waals surface area contributed by atoms with E-state index < -0.39 is 0 Å². The summed E-state index contributed by atoms with van der Waals surface area (Å²) >= 11 is 1.68. The Labute approximate surface area is 118 Å². The molecule has 108 valence electrons. The predicted molar refractivity (Wildman–Crippen MR) is 78.7 cm³/mol. The number of aromatic nitrogens is 3. The maximum absolute atomic E-state index is 11.5. The fraction of sp³-hybridized carbons (Fsp3) is 0.846. The second-order valence-corrected chi connectivity index (χ2v) is 6.15. The van der Waals surface area contributed by atoms with Crippen LogP contribution in [0.25, 0.3) is 0 Å². The molecule has 1 unspecified atom stereocenters. The lowest BCUT2D eigenvalue weighted by molar-refractivity contribution is 0.294. The Hall–Kier alpha value is -0.750. The summed E-state index contributed by atoms with van der Waals surface area (Å²) in [5.41, 5.74) is -0.108. The smallest absolute Gasteiger partial charge is 0.316 e. The molecule has 2 rings (SSSR count). The van der Waals surface area contributed by atoms with E-state index >= 15 is 0 Å². The molecule has 1 saturated carbocycles. The molecular formula is C13H24N4OS. The summed E-state index contributed by atoms with van der Waals surface area (Å²) in [5, 5.41) is 10.9. The molecule has 0 aliphatic heterocycles. The molecule has 1 aromatic rings. The van der Waals surface area contributed by atoms with Gasteiger partial charge in [0.15, 0.2) is 5.16 Å². The highest BCUT2D eigenvalue weighted by molar-refractivity contribution is 7.99. The maximum Gasteiger partial charge on any atom is 0.343 e. The number of nitrogens with one attached hydrogen (secondary N) is 2. The minimum Gasteiger partial charge on any atom is -0.316 e. The summed E-state index contributed by atoms with van der Waals surface area (Å²) in [4.78, 5) is 11.5. The van der Waals surface area contributed by atoms with Crippen molar-refractivity contribution in [2.45, 2.75) is 56.8 Å². The minimum atomic E-state index is -0.108. The lowest BCUT2D eigenvalue weighted by atomic mass is 9.84.